The van der Waals surface area contributed by atoms with Crippen molar-refractivity contribution in [2.24, 2.45) is 0 Å². The van der Waals surface area contributed by atoms with E-state index < -0.39 is 49.0 Å². The number of alkyl halides is 5. The van der Waals surface area contributed by atoms with Crippen molar-refractivity contribution in [3.8, 4) is 17.0 Å². The van der Waals surface area contributed by atoms with E-state index in [1.807, 2.05) is 0 Å². The monoisotopic (exact) mass is 405 g/mol. The Balaban J connectivity index is 2.25. The van der Waals surface area contributed by atoms with Crippen LogP contribution in [0.2, 0.25) is 0 Å². The molecule has 1 aromatic carbocycles. The first-order valence-electron chi connectivity index (χ1n) is 8.37. The van der Waals surface area contributed by atoms with E-state index in [0.717, 1.165) is 25.3 Å². The minimum absolute atomic E-state index is 0.00370. The van der Waals surface area contributed by atoms with Gasteiger partial charge in [-0.3, -0.25) is 0 Å². The molecular weight excluding hydrogens is 388 g/mol. The zero-order valence-electron chi connectivity index (χ0n) is 14.8. The summed E-state index contributed by atoms with van der Waals surface area (Å²) >= 11 is 0. The minimum Gasteiger partial charge on any atom is -0.490 e. The fourth-order valence-electron chi connectivity index (χ4n) is 3.13. The average molecular weight is 405 g/mol. The van der Waals surface area contributed by atoms with Gasteiger partial charge < -0.3 is 9.47 Å². The molecule has 1 aliphatic rings. The fraction of sp³-hybridized carbons (Fsp3) is 0.421. The Morgan fingerprint density at radius 1 is 1.18 bits per heavy atom. The summed E-state index contributed by atoms with van der Waals surface area (Å²) in [6.45, 7) is -3.37. The Labute approximate surface area is 157 Å². The van der Waals surface area contributed by atoms with E-state index in [9.17, 15) is 26.3 Å². The van der Waals surface area contributed by atoms with Crippen LogP contribution < -0.4 is 4.74 Å². The standard InChI is InChI=1S/C19H17F6NO2/c1-27-7-14(19(23,24)25)15-6-13-17(28-10-18(13,8-20)9-21)16(26-15)11-2-4-12(22)5-3-11/h2-6,14H,7-10H2,1H3. The second-order valence-corrected chi connectivity index (χ2v) is 6.67. The molecule has 1 aromatic heterocycles. The number of fused-ring (bicyclic) bond motifs is 1. The molecule has 0 spiro atoms. The summed E-state index contributed by atoms with van der Waals surface area (Å²) in [7, 11) is 1.11. The number of hydrogen-bond donors (Lipinski definition) is 0. The number of aromatic nitrogens is 1. The molecule has 2 aromatic rings. The first-order valence-corrected chi connectivity index (χ1v) is 8.37. The highest BCUT2D eigenvalue weighted by molar-refractivity contribution is 5.71. The maximum absolute atomic E-state index is 13.7. The summed E-state index contributed by atoms with van der Waals surface area (Å²) in [6.07, 6.45) is -4.69. The Hall–Kier alpha value is -2.29. The minimum atomic E-state index is -4.69. The van der Waals surface area contributed by atoms with E-state index in [1.165, 1.54) is 12.1 Å². The van der Waals surface area contributed by atoms with Gasteiger partial charge in [-0.1, -0.05) is 0 Å². The lowest BCUT2D eigenvalue weighted by atomic mass is 9.83. The first-order chi connectivity index (χ1) is 13.3. The van der Waals surface area contributed by atoms with Crippen LogP contribution in [-0.4, -0.2) is 44.8 Å². The summed E-state index contributed by atoms with van der Waals surface area (Å²) in [4.78, 5) is 4.07. The van der Waals surface area contributed by atoms with Gasteiger partial charge in [0.1, 0.15) is 43.1 Å². The molecule has 1 aliphatic heterocycles. The average Bonchev–Trinajstić information content (AvgIpc) is 3.04. The van der Waals surface area contributed by atoms with E-state index in [1.54, 1.807) is 0 Å². The van der Waals surface area contributed by atoms with Crippen LogP contribution in [0.4, 0.5) is 26.3 Å². The van der Waals surface area contributed by atoms with Gasteiger partial charge >= 0.3 is 6.18 Å². The van der Waals surface area contributed by atoms with Gasteiger partial charge in [0.05, 0.1) is 17.7 Å². The van der Waals surface area contributed by atoms with Crippen molar-refractivity contribution in [1.29, 1.82) is 0 Å². The third-order valence-electron chi connectivity index (χ3n) is 4.77. The summed E-state index contributed by atoms with van der Waals surface area (Å²) in [5.41, 5.74) is -1.92. The zero-order chi connectivity index (χ0) is 20.5. The molecule has 0 amide bonds. The number of nitrogens with zero attached hydrogens (tertiary/aromatic N) is 1. The van der Waals surface area contributed by atoms with Crippen molar-refractivity contribution in [2.45, 2.75) is 17.5 Å². The van der Waals surface area contributed by atoms with Crippen LogP contribution in [0.15, 0.2) is 30.3 Å². The Bertz CT molecular complexity index is 834. The maximum Gasteiger partial charge on any atom is 0.399 e. The maximum atomic E-state index is 13.7. The van der Waals surface area contributed by atoms with Crippen LogP contribution in [-0.2, 0) is 10.2 Å². The number of hydrogen-bond acceptors (Lipinski definition) is 3. The molecule has 0 radical (unpaired) electrons. The molecule has 0 N–H and O–H groups in total. The van der Waals surface area contributed by atoms with Gasteiger partial charge in [0, 0.05) is 18.2 Å². The van der Waals surface area contributed by atoms with Crippen molar-refractivity contribution in [3.05, 3.63) is 47.4 Å². The molecule has 28 heavy (non-hydrogen) atoms. The molecule has 0 saturated heterocycles. The third kappa shape index (κ3) is 3.55. The van der Waals surface area contributed by atoms with Crippen molar-refractivity contribution >= 4 is 0 Å². The second kappa shape index (κ2) is 7.62. The molecular formula is C19H17F6NO2. The summed E-state index contributed by atoms with van der Waals surface area (Å²) in [5, 5.41) is 0. The quantitative estimate of drug-likeness (QED) is 0.650. The van der Waals surface area contributed by atoms with Crippen molar-refractivity contribution in [1.82, 2.24) is 4.98 Å². The number of pyridine rings is 1. The van der Waals surface area contributed by atoms with Crippen molar-refractivity contribution < 1.29 is 35.8 Å². The lowest BCUT2D eigenvalue weighted by Gasteiger charge is -2.24. The molecule has 1 unspecified atom stereocenters. The molecule has 0 bridgehead atoms. The number of methoxy groups -OCH3 is 1. The van der Waals surface area contributed by atoms with E-state index in [-0.39, 0.29) is 29.2 Å². The number of halogens is 6. The highest BCUT2D eigenvalue weighted by atomic mass is 19.4. The molecule has 1 atom stereocenters. The SMILES string of the molecule is COCC(c1cc2c(c(-c3ccc(F)cc3)n1)OCC2(CF)CF)C(F)(F)F. The highest BCUT2D eigenvalue weighted by Crippen LogP contribution is 2.47. The van der Waals surface area contributed by atoms with Crippen LogP contribution in [0.5, 0.6) is 5.75 Å². The highest BCUT2D eigenvalue weighted by Gasteiger charge is 2.47. The van der Waals surface area contributed by atoms with Crippen LogP contribution in [0, 0.1) is 5.82 Å². The molecule has 3 nitrogen and oxygen atoms in total. The Kier molecular flexibility index (Phi) is 5.56. The van der Waals surface area contributed by atoms with Gasteiger partial charge in [0.25, 0.3) is 0 Å². The lowest BCUT2D eigenvalue weighted by Crippen LogP contribution is -2.33. The van der Waals surface area contributed by atoms with Crippen molar-refractivity contribution in [2.75, 3.05) is 33.7 Å². The molecule has 152 valence electrons. The zero-order valence-corrected chi connectivity index (χ0v) is 14.8. The fourth-order valence-corrected chi connectivity index (χ4v) is 3.13. The summed E-state index contributed by atoms with van der Waals surface area (Å²) < 4.78 is 91.4. The molecule has 3 rings (SSSR count). The second-order valence-electron chi connectivity index (χ2n) is 6.67. The van der Waals surface area contributed by atoms with E-state index >= 15 is 0 Å². The van der Waals surface area contributed by atoms with Crippen LogP contribution >= 0.6 is 0 Å². The van der Waals surface area contributed by atoms with Gasteiger partial charge in [-0.2, -0.15) is 13.2 Å². The lowest BCUT2D eigenvalue weighted by molar-refractivity contribution is -0.161. The van der Waals surface area contributed by atoms with E-state index in [4.69, 9.17) is 4.74 Å². The smallest absolute Gasteiger partial charge is 0.399 e. The van der Waals surface area contributed by atoms with Gasteiger partial charge in [0.15, 0.2) is 0 Å². The largest absolute Gasteiger partial charge is 0.490 e. The topological polar surface area (TPSA) is 31.4 Å². The normalized spacial score (nSPS) is 16.5. The predicted molar refractivity (Wildman–Crippen MR) is 89.4 cm³/mol. The van der Waals surface area contributed by atoms with Gasteiger partial charge in [-0.05, 0) is 30.3 Å². The van der Waals surface area contributed by atoms with E-state index in [2.05, 4.69) is 9.72 Å². The van der Waals surface area contributed by atoms with Crippen LogP contribution in [0.25, 0.3) is 11.3 Å². The Morgan fingerprint density at radius 2 is 1.82 bits per heavy atom. The number of benzene rings is 1. The number of ether oxygens (including phenoxy) is 2. The molecule has 9 heteroatoms. The summed E-state index contributed by atoms with van der Waals surface area (Å²) in [5.74, 6) is -2.64. The first kappa shape index (κ1) is 20.4. The summed E-state index contributed by atoms with van der Waals surface area (Å²) in [6, 6.07) is 5.88. The molecule has 0 fully saturated rings. The number of rotatable bonds is 6. The third-order valence-corrected chi connectivity index (χ3v) is 4.77. The van der Waals surface area contributed by atoms with Crippen LogP contribution in [0.1, 0.15) is 17.2 Å². The van der Waals surface area contributed by atoms with Crippen molar-refractivity contribution in [3.63, 3.8) is 0 Å². The van der Waals surface area contributed by atoms with Gasteiger partial charge in [-0.25, -0.2) is 18.2 Å². The molecule has 2 heterocycles. The van der Waals surface area contributed by atoms with E-state index in [0.29, 0.717) is 0 Å². The van der Waals surface area contributed by atoms with Gasteiger partial charge in [0.2, 0.25) is 0 Å². The predicted octanol–water partition coefficient (Wildman–Crippen LogP) is 4.75. The van der Waals surface area contributed by atoms with Crippen LogP contribution in [0.3, 0.4) is 0 Å². The van der Waals surface area contributed by atoms with Gasteiger partial charge in [-0.15, -0.1) is 0 Å². The molecule has 0 aliphatic carbocycles. The molecule has 0 saturated carbocycles. The Morgan fingerprint density at radius 3 is 2.36 bits per heavy atom.